The fourth-order valence-electron chi connectivity index (χ4n) is 1.49. The van der Waals surface area contributed by atoms with Crippen molar-refractivity contribution in [3.05, 3.63) is 41.2 Å². The Kier molecular flexibility index (Phi) is 4.65. The summed E-state index contributed by atoms with van der Waals surface area (Å²) in [6.07, 6.45) is 0. The van der Waals surface area contributed by atoms with Crippen molar-refractivity contribution in [3.8, 4) is 5.75 Å². The van der Waals surface area contributed by atoms with Crippen LogP contribution in [0.1, 0.15) is 5.69 Å². The van der Waals surface area contributed by atoms with Gasteiger partial charge in [0.1, 0.15) is 11.4 Å². The Bertz CT molecular complexity index is 581. The summed E-state index contributed by atoms with van der Waals surface area (Å²) in [4.78, 5) is 0. The monoisotopic (exact) mass is 301 g/mol. The molecule has 0 saturated heterocycles. The van der Waals surface area contributed by atoms with E-state index in [1.807, 2.05) is 0 Å². The molecule has 1 aromatic heterocycles. The Labute approximate surface area is 118 Å². The number of anilines is 2. The molecule has 0 spiro atoms. The van der Waals surface area contributed by atoms with Gasteiger partial charge < -0.3 is 15.2 Å². The van der Waals surface area contributed by atoms with E-state index in [0.717, 1.165) is 0 Å². The lowest BCUT2D eigenvalue weighted by atomic mass is 10.2. The summed E-state index contributed by atoms with van der Waals surface area (Å²) in [7, 11) is 0. The molecule has 0 saturated carbocycles. The van der Waals surface area contributed by atoms with Gasteiger partial charge in [-0.3, -0.25) is 0 Å². The maximum Gasteiger partial charge on any atom is 0.387 e. The standard InChI is InChI=1S/C12H10ClF2N3O2/c13-11-5-9(10(6-19)17-18-11)16-7-1-3-8(4-2-7)20-12(14)15/h1-5,12,19H,6H2,(H,16,18). The van der Waals surface area contributed by atoms with Crippen LogP contribution in [0.4, 0.5) is 20.2 Å². The molecule has 2 rings (SSSR count). The van der Waals surface area contributed by atoms with Gasteiger partial charge in [-0.05, 0) is 24.3 Å². The van der Waals surface area contributed by atoms with Crippen LogP contribution in [-0.2, 0) is 6.61 Å². The molecular weight excluding hydrogens is 292 g/mol. The number of hydrogen-bond acceptors (Lipinski definition) is 5. The first-order valence-corrected chi connectivity index (χ1v) is 5.91. The van der Waals surface area contributed by atoms with E-state index in [1.54, 1.807) is 12.1 Å². The van der Waals surface area contributed by atoms with Crippen LogP contribution >= 0.6 is 11.6 Å². The van der Waals surface area contributed by atoms with Gasteiger partial charge in [-0.1, -0.05) is 11.6 Å². The zero-order chi connectivity index (χ0) is 14.5. The van der Waals surface area contributed by atoms with Gasteiger partial charge >= 0.3 is 6.61 Å². The van der Waals surface area contributed by atoms with Crippen molar-refractivity contribution in [3.63, 3.8) is 0 Å². The van der Waals surface area contributed by atoms with Gasteiger partial charge in [0.05, 0.1) is 12.3 Å². The van der Waals surface area contributed by atoms with Crippen LogP contribution in [-0.4, -0.2) is 21.9 Å². The molecule has 0 radical (unpaired) electrons. The van der Waals surface area contributed by atoms with Crippen LogP contribution in [0.5, 0.6) is 5.75 Å². The van der Waals surface area contributed by atoms with E-state index in [2.05, 4.69) is 20.3 Å². The van der Waals surface area contributed by atoms with Gasteiger partial charge in [0, 0.05) is 11.8 Å². The zero-order valence-electron chi connectivity index (χ0n) is 10.1. The summed E-state index contributed by atoms with van der Waals surface area (Å²) < 4.78 is 28.3. The van der Waals surface area contributed by atoms with Crippen molar-refractivity contribution < 1.29 is 18.6 Å². The molecule has 2 aromatic rings. The summed E-state index contributed by atoms with van der Waals surface area (Å²) in [5.41, 5.74) is 1.41. The number of nitrogens with one attached hydrogen (secondary N) is 1. The highest BCUT2D eigenvalue weighted by Crippen LogP contribution is 2.24. The number of nitrogens with zero attached hydrogens (tertiary/aromatic N) is 2. The lowest BCUT2D eigenvalue weighted by Gasteiger charge is -2.10. The highest BCUT2D eigenvalue weighted by Gasteiger charge is 2.07. The van der Waals surface area contributed by atoms with E-state index < -0.39 is 6.61 Å². The van der Waals surface area contributed by atoms with Crippen molar-refractivity contribution >= 4 is 23.0 Å². The Morgan fingerprint density at radius 3 is 2.55 bits per heavy atom. The molecule has 0 aliphatic rings. The summed E-state index contributed by atoms with van der Waals surface area (Å²) in [6.45, 7) is -3.17. The first-order chi connectivity index (χ1) is 9.58. The topological polar surface area (TPSA) is 67.3 Å². The molecule has 8 heteroatoms. The Morgan fingerprint density at radius 1 is 1.25 bits per heavy atom. The number of aromatic nitrogens is 2. The lowest BCUT2D eigenvalue weighted by Crippen LogP contribution is -2.03. The second-order valence-electron chi connectivity index (χ2n) is 3.71. The number of aliphatic hydroxyl groups is 1. The highest BCUT2D eigenvalue weighted by atomic mass is 35.5. The third kappa shape index (κ3) is 3.75. The Morgan fingerprint density at radius 2 is 1.95 bits per heavy atom. The minimum absolute atomic E-state index is 0.0545. The maximum atomic E-state index is 12.0. The van der Waals surface area contributed by atoms with Gasteiger partial charge in [-0.15, -0.1) is 10.2 Å². The van der Waals surface area contributed by atoms with Crippen molar-refractivity contribution in [1.29, 1.82) is 0 Å². The number of alkyl halides is 2. The van der Waals surface area contributed by atoms with Gasteiger partial charge in [0.2, 0.25) is 0 Å². The van der Waals surface area contributed by atoms with Crippen molar-refractivity contribution in [2.45, 2.75) is 13.2 Å². The number of aliphatic hydroxyl groups excluding tert-OH is 1. The second kappa shape index (κ2) is 6.44. The van der Waals surface area contributed by atoms with Gasteiger partial charge in [0.25, 0.3) is 0 Å². The first kappa shape index (κ1) is 14.4. The predicted molar refractivity (Wildman–Crippen MR) is 69.3 cm³/mol. The third-order valence-electron chi connectivity index (χ3n) is 2.35. The van der Waals surface area contributed by atoms with Gasteiger partial charge in [-0.25, -0.2) is 0 Å². The fourth-order valence-corrected chi connectivity index (χ4v) is 1.64. The molecule has 0 bridgehead atoms. The minimum atomic E-state index is -2.86. The molecule has 0 atom stereocenters. The lowest BCUT2D eigenvalue weighted by molar-refractivity contribution is -0.0498. The van der Waals surface area contributed by atoms with Gasteiger partial charge in [0.15, 0.2) is 5.15 Å². The van der Waals surface area contributed by atoms with Crippen LogP contribution < -0.4 is 10.1 Å². The average Bonchev–Trinajstić information content (AvgIpc) is 2.41. The number of halogens is 3. The largest absolute Gasteiger partial charge is 0.435 e. The van der Waals surface area contributed by atoms with E-state index in [4.69, 9.17) is 16.7 Å². The molecule has 2 N–H and O–H groups in total. The first-order valence-electron chi connectivity index (χ1n) is 5.53. The van der Waals surface area contributed by atoms with E-state index >= 15 is 0 Å². The molecule has 5 nitrogen and oxygen atoms in total. The van der Waals surface area contributed by atoms with Crippen molar-refractivity contribution in [2.24, 2.45) is 0 Å². The summed E-state index contributed by atoms with van der Waals surface area (Å²) in [5, 5.41) is 19.6. The van der Waals surface area contributed by atoms with E-state index in [0.29, 0.717) is 17.1 Å². The fraction of sp³-hybridized carbons (Fsp3) is 0.167. The normalized spacial score (nSPS) is 10.7. The molecule has 1 aromatic carbocycles. The second-order valence-corrected chi connectivity index (χ2v) is 4.10. The van der Waals surface area contributed by atoms with Crippen LogP contribution in [0, 0.1) is 0 Å². The molecule has 20 heavy (non-hydrogen) atoms. The van der Waals surface area contributed by atoms with Crippen LogP contribution in [0.15, 0.2) is 30.3 Å². The molecule has 0 amide bonds. The summed E-state index contributed by atoms with van der Waals surface area (Å²) in [6, 6.07) is 7.39. The number of hydrogen-bond donors (Lipinski definition) is 2. The maximum absolute atomic E-state index is 12.0. The minimum Gasteiger partial charge on any atom is -0.435 e. The molecule has 0 unspecified atom stereocenters. The quantitative estimate of drug-likeness (QED) is 0.888. The molecule has 0 fully saturated rings. The van der Waals surface area contributed by atoms with E-state index in [9.17, 15) is 8.78 Å². The average molecular weight is 302 g/mol. The Balaban J connectivity index is 2.15. The van der Waals surface area contributed by atoms with Crippen molar-refractivity contribution in [2.75, 3.05) is 5.32 Å². The number of ether oxygens (including phenoxy) is 1. The van der Waals surface area contributed by atoms with Crippen LogP contribution in [0.2, 0.25) is 5.15 Å². The number of benzene rings is 1. The van der Waals surface area contributed by atoms with Crippen molar-refractivity contribution in [1.82, 2.24) is 10.2 Å². The molecule has 1 heterocycles. The Hall–Kier alpha value is -1.99. The zero-order valence-corrected chi connectivity index (χ0v) is 10.8. The smallest absolute Gasteiger partial charge is 0.387 e. The van der Waals surface area contributed by atoms with E-state index in [1.165, 1.54) is 18.2 Å². The summed E-state index contributed by atoms with van der Waals surface area (Å²) >= 11 is 5.72. The van der Waals surface area contributed by atoms with Crippen LogP contribution in [0.3, 0.4) is 0 Å². The SMILES string of the molecule is OCc1nnc(Cl)cc1Nc1ccc(OC(F)F)cc1. The molecule has 106 valence electrons. The molecule has 0 aliphatic heterocycles. The number of rotatable bonds is 5. The highest BCUT2D eigenvalue weighted by molar-refractivity contribution is 6.29. The molecule has 0 aliphatic carbocycles. The van der Waals surface area contributed by atoms with Crippen LogP contribution in [0.25, 0.3) is 0 Å². The van der Waals surface area contributed by atoms with Gasteiger partial charge in [-0.2, -0.15) is 8.78 Å². The molecular formula is C12H10ClF2N3O2. The summed E-state index contributed by atoms with van der Waals surface area (Å²) in [5.74, 6) is 0.0545. The van der Waals surface area contributed by atoms with E-state index in [-0.39, 0.29) is 17.5 Å². The third-order valence-corrected chi connectivity index (χ3v) is 2.53. The predicted octanol–water partition coefficient (Wildman–Crippen LogP) is 2.97.